The third-order valence-corrected chi connectivity index (χ3v) is 4.76. The van der Waals surface area contributed by atoms with E-state index in [1.807, 2.05) is 6.07 Å². The molecular weight excluding hydrogens is 317 g/mol. The van der Waals surface area contributed by atoms with Gasteiger partial charge in [0.1, 0.15) is 28.9 Å². The first-order chi connectivity index (χ1) is 11.2. The standard InChI is InChI=1S/C17H14FNO3S/c18-10-1-4-16-13(7-10)19-17(23-16)9-22-11-2-3-15-12(8-11)14(20)5-6-21-15/h1-4,7-8,14,20H,5-6,9H2. The van der Waals surface area contributed by atoms with Crippen LogP contribution in [0.1, 0.15) is 23.1 Å². The lowest BCUT2D eigenvalue weighted by Crippen LogP contribution is -2.13. The molecule has 1 aliphatic rings. The monoisotopic (exact) mass is 331 g/mol. The van der Waals surface area contributed by atoms with Crippen LogP contribution in [-0.4, -0.2) is 16.7 Å². The Morgan fingerprint density at radius 1 is 1.30 bits per heavy atom. The van der Waals surface area contributed by atoms with Crippen molar-refractivity contribution >= 4 is 21.6 Å². The molecule has 4 rings (SSSR count). The summed E-state index contributed by atoms with van der Waals surface area (Å²) in [7, 11) is 0. The van der Waals surface area contributed by atoms with Gasteiger partial charge in [0.15, 0.2) is 0 Å². The smallest absolute Gasteiger partial charge is 0.140 e. The van der Waals surface area contributed by atoms with E-state index in [1.165, 1.54) is 23.5 Å². The molecule has 0 radical (unpaired) electrons. The van der Waals surface area contributed by atoms with Crippen molar-refractivity contribution in [3.63, 3.8) is 0 Å². The Morgan fingerprint density at radius 3 is 3.13 bits per heavy atom. The van der Waals surface area contributed by atoms with Gasteiger partial charge in [-0.3, -0.25) is 0 Å². The molecule has 2 aromatic carbocycles. The molecule has 2 heterocycles. The van der Waals surface area contributed by atoms with E-state index >= 15 is 0 Å². The van der Waals surface area contributed by atoms with Crippen molar-refractivity contribution < 1.29 is 19.0 Å². The zero-order valence-corrected chi connectivity index (χ0v) is 13.0. The Morgan fingerprint density at radius 2 is 2.22 bits per heavy atom. The van der Waals surface area contributed by atoms with Gasteiger partial charge in [-0.25, -0.2) is 9.37 Å². The first-order valence-electron chi connectivity index (χ1n) is 7.31. The van der Waals surface area contributed by atoms with Gasteiger partial charge in [-0.1, -0.05) is 0 Å². The van der Waals surface area contributed by atoms with E-state index in [2.05, 4.69) is 4.98 Å². The molecule has 6 heteroatoms. The second kappa shape index (κ2) is 5.79. The molecule has 4 nitrogen and oxygen atoms in total. The summed E-state index contributed by atoms with van der Waals surface area (Å²) >= 11 is 1.48. The molecule has 118 valence electrons. The summed E-state index contributed by atoms with van der Waals surface area (Å²) < 4.78 is 25.4. The maximum atomic E-state index is 13.2. The number of aromatic nitrogens is 1. The number of thiazole rings is 1. The van der Waals surface area contributed by atoms with E-state index in [9.17, 15) is 9.50 Å². The van der Waals surface area contributed by atoms with Gasteiger partial charge in [0.25, 0.3) is 0 Å². The van der Waals surface area contributed by atoms with Crippen LogP contribution in [0.2, 0.25) is 0 Å². The van der Waals surface area contributed by atoms with Gasteiger partial charge in [-0.05, 0) is 30.3 Å². The molecule has 1 N–H and O–H groups in total. The van der Waals surface area contributed by atoms with E-state index in [0.717, 1.165) is 15.3 Å². The lowest BCUT2D eigenvalue weighted by atomic mass is 10.0. The Balaban J connectivity index is 1.52. The zero-order chi connectivity index (χ0) is 15.8. The van der Waals surface area contributed by atoms with Gasteiger partial charge < -0.3 is 14.6 Å². The fraction of sp³-hybridized carbons (Fsp3) is 0.235. The summed E-state index contributed by atoms with van der Waals surface area (Å²) in [5, 5.41) is 10.8. The molecule has 0 fully saturated rings. The van der Waals surface area contributed by atoms with Crippen molar-refractivity contribution in [3.05, 3.63) is 52.8 Å². The van der Waals surface area contributed by atoms with Crippen molar-refractivity contribution in [2.45, 2.75) is 19.1 Å². The average molecular weight is 331 g/mol. The van der Waals surface area contributed by atoms with Gasteiger partial charge in [-0.2, -0.15) is 0 Å². The number of rotatable bonds is 3. The topological polar surface area (TPSA) is 51.6 Å². The molecule has 0 saturated carbocycles. The third-order valence-electron chi connectivity index (χ3n) is 3.75. The predicted octanol–water partition coefficient (Wildman–Crippen LogP) is 3.83. The second-order valence-electron chi connectivity index (χ2n) is 5.36. The van der Waals surface area contributed by atoms with Crippen LogP contribution in [0.3, 0.4) is 0 Å². The molecule has 1 aliphatic heterocycles. The highest BCUT2D eigenvalue weighted by atomic mass is 32.1. The molecule has 23 heavy (non-hydrogen) atoms. The van der Waals surface area contributed by atoms with Gasteiger partial charge in [0.05, 0.1) is 22.9 Å². The molecule has 1 unspecified atom stereocenters. The van der Waals surface area contributed by atoms with Gasteiger partial charge in [0.2, 0.25) is 0 Å². The molecule has 1 atom stereocenters. The Kier molecular flexibility index (Phi) is 3.63. The maximum absolute atomic E-state index is 13.2. The molecule has 1 aromatic heterocycles. The molecule has 0 aliphatic carbocycles. The highest BCUT2D eigenvalue weighted by Gasteiger charge is 2.19. The van der Waals surface area contributed by atoms with Crippen LogP contribution < -0.4 is 9.47 Å². The second-order valence-corrected chi connectivity index (χ2v) is 6.48. The number of aliphatic hydroxyl groups excluding tert-OH is 1. The largest absolute Gasteiger partial charge is 0.493 e. The van der Waals surface area contributed by atoms with Crippen molar-refractivity contribution in [1.29, 1.82) is 0 Å². The van der Waals surface area contributed by atoms with Crippen molar-refractivity contribution in [2.75, 3.05) is 6.61 Å². The quantitative estimate of drug-likeness (QED) is 0.792. The first-order valence-corrected chi connectivity index (χ1v) is 8.13. The minimum atomic E-state index is -0.521. The SMILES string of the molecule is OC1CCOc2ccc(OCc3nc4cc(F)ccc4s3)cc21. The Hall–Kier alpha value is -2.18. The molecule has 0 bridgehead atoms. The normalized spacial score (nSPS) is 16.9. The third kappa shape index (κ3) is 2.87. The van der Waals surface area contributed by atoms with Crippen LogP contribution in [0.4, 0.5) is 4.39 Å². The number of halogens is 1. The highest BCUT2D eigenvalue weighted by molar-refractivity contribution is 7.18. The summed E-state index contributed by atoms with van der Waals surface area (Å²) in [5.74, 6) is 1.06. The van der Waals surface area contributed by atoms with Crippen molar-refractivity contribution in [3.8, 4) is 11.5 Å². The average Bonchev–Trinajstić information content (AvgIpc) is 2.95. The molecular formula is C17H14FNO3S. The summed E-state index contributed by atoms with van der Waals surface area (Å²) in [4.78, 5) is 4.37. The van der Waals surface area contributed by atoms with Crippen molar-refractivity contribution in [2.24, 2.45) is 0 Å². The molecule has 0 spiro atoms. The van der Waals surface area contributed by atoms with Crippen molar-refractivity contribution in [1.82, 2.24) is 4.98 Å². The number of aliphatic hydroxyl groups is 1. The summed E-state index contributed by atoms with van der Waals surface area (Å²) in [6, 6.07) is 9.98. The van der Waals surface area contributed by atoms with Gasteiger partial charge in [-0.15, -0.1) is 11.3 Å². The summed E-state index contributed by atoms with van der Waals surface area (Å²) in [6.07, 6.45) is 0.0626. The fourth-order valence-electron chi connectivity index (χ4n) is 2.60. The Labute approximate surface area is 136 Å². The number of ether oxygens (including phenoxy) is 2. The fourth-order valence-corrected chi connectivity index (χ4v) is 3.46. The predicted molar refractivity (Wildman–Crippen MR) is 85.4 cm³/mol. The molecule has 0 saturated heterocycles. The summed E-state index contributed by atoms with van der Waals surface area (Å²) in [5.41, 5.74) is 1.39. The minimum absolute atomic E-state index is 0.293. The van der Waals surface area contributed by atoms with Crippen LogP contribution in [0.15, 0.2) is 36.4 Å². The Bertz CT molecular complexity index is 864. The van der Waals surface area contributed by atoms with Gasteiger partial charge >= 0.3 is 0 Å². The van der Waals surface area contributed by atoms with Crippen LogP contribution in [0.25, 0.3) is 10.2 Å². The van der Waals surface area contributed by atoms with Crippen LogP contribution in [0.5, 0.6) is 11.5 Å². The van der Waals surface area contributed by atoms with E-state index in [0.29, 0.717) is 36.7 Å². The lowest BCUT2D eigenvalue weighted by Gasteiger charge is -2.22. The van der Waals surface area contributed by atoms with Crippen LogP contribution in [-0.2, 0) is 6.61 Å². The number of nitrogens with zero attached hydrogens (tertiary/aromatic N) is 1. The first kappa shape index (κ1) is 14.4. The van der Waals surface area contributed by atoms with Crippen LogP contribution >= 0.6 is 11.3 Å². The number of benzene rings is 2. The van der Waals surface area contributed by atoms with Gasteiger partial charge in [0, 0.05) is 18.1 Å². The van der Waals surface area contributed by atoms with E-state index < -0.39 is 6.10 Å². The minimum Gasteiger partial charge on any atom is -0.493 e. The van der Waals surface area contributed by atoms with E-state index in [4.69, 9.17) is 9.47 Å². The van der Waals surface area contributed by atoms with E-state index in [-0.39, 0.29) is 5.82 Å². The number of hydrogen-bond donors (Lipinski definition) is 1. The molecule has 3 aromatic rings. The number of fused-ring (bicyclic) bond motifs is 2. The highest BCUT2D eigenvalue weighted by Crippen LogP contribution is 2.35. The lowest BCUT2D eigenvalue weighted by molar-refractivity contribution is 0.115. The maximum Gasteiger partial charge on any atom is 0.140 e. The number of hydrogen-bond acceptors (Lipinski definition) is 5. The van der Waals surface area contributed by atoms with Crippen LogP contribution in [0, 0.1) is 5.82 Å². The summed E-state index contributed by atoms with van der Waals surface area (Å²) in [6.45, 7) is 0.827. The molecule has 0 amide bonds. The zero-order valence-electron chi connectivity index (χ0n) is 12.2. The van der Waals surface area contributed by atoms with E-state index in [1.54, 1.807) is 18.2 Å².